The molecule has 0 aliphatic heterocycles. The minimum absolute atomic E-state index is 0.0815. The maximum Gasteiger partial charge on any atom is 0.573 e. The van der Waals surface area contributed by atoms with Crippen LogP contribution < -0.4 is 10.5 Å². The SMILES string of the molecule is NCc1cc(F)c(OC(F)(F)F)c(Br)n1. The fourth-order valence-electron chi connectivity index (χ4n) is 0.831. The number of aromatic nitrogens is 1. The molecule has 1 heterocycles. The molecule has 0 aliphatic carbocycles. The maximum atomic E-state index is 13.1. The molecule has 15 heavy (non-hydrogen) atoms. The number of pyridine rings is 1. The molecule has 0 fully saturated rings. The summed E-state index contributed by atoms with van der Waals surface area (Å²) in [6.07, 6.45) is -4.96. The molecule has 0 unspecified atom stereocenters. The van der Waals surface area contributed by atoms with Gasteiger partial charge in [-0.25, -0.2) is 9.37 Å². The largest absolute Gasteiger partial charge is 0.573 e. The molecule has 1 aromatic rings. The molecule has 0 aromatic carbocycles. The number of nitrogens with two attached hydrogens (primary N) is 1. The third-order valence-electron chi connectivity index (χ3n) is 1.37. The summed E-state index contributed by atoms with van der Waals surface area (Å²) >= 11 is 2.66. The summed E-state index contributed by atoms with van der Waals surface area (Å²) in [5, 5.41) is 0. The first-order valence-electron chi connectivity index (χ1n) is 3.64. The standard InChI is InChI=1S/C7H5BrF4N2O/c8-6-5(15-7(10,11)12)4(9)1-3(2-13)14-6/h1H,2,13H2. The molecule has 0 spiro atoms. The second-order valence-corrected chi connectivity index (χ2v) is 3.22. The molecule has 0 atom stereocenters. The van der Waals surface area contributed by atoms with E-state index in [4.69, 9.17) is 5.73 Å². The van der Waals surface area contributed by atoms with E-state index >= 15 is 0 Å². The fraction of sp³-hybridized carbons (Fsp3) is 0.286. The van der Waals surface area contributed by atoms with Crippen LogP contribution in [0.3, 0.4) is 0 Å². The van der Waals surface area contributed by atoms with Crippen molar-refractivity contribution in [2.75, 3.05) is 0 Å². The predicted molar refractivity (Wildman–Crippen MR) is 46.5 cm³/mol. The molecule has 0 radical (unpaired) electrons. The third-order valence-corrected chi connectivity index (χ3v) is 1.90. The number of nitrogens with zero attached hydrogens (tertiary/aromatic N) is 1. The molecule has 3 nitrogen and oxygen atoms in total. The summed E-state index contributed by atoms with van der Waals surface area (Å²) in [4.78, 5) is 3.56. The topological polar surface area (TPSA) is 48.1 Å². The quantitative estimate of drug-likeness (QED) is 0.671. The van der Waals surface area contributed by atoms with Crippen molar-refractivity contribution >= 4 is 15.9 Å². The maximum absolute atomic E-state index is 13.1. The van der Waals surface area contributed by atoms with E-state index in [2.05, 4.69) is 25.7 Å². The molecule has 84 valence electrons. The number of rotatable bonds is 2. The van der Waals surface area contributed by atoms with E-state index in [1.165, 1.54) is 0 Å². The van der Waals surface area contributed by atoms with E-state index in [9.17, 15) is 17.6 Å². The van der Waals surface area contributed by atoms with Crippen LogP contribution in [0.4, 0.5) is 17.6 Å². The van der Waals surface area contributed by atoms with Gasteiger partial charge >= 0.3 is 6.36 Å². The molecular formula is C7H5BrF4N2O. The molecule has 2 N–H and O–H groups in total. The van der Waals surface area contributed by atoms with Crippen LogP contribution in [0.15, 0.2) is 10.7 Å². The highest BCUT2D eigenvalue weighted by atomic mass is 79.9. The molecular weight excluding hydrogens is 284 g/mol. The summed E-state index contributed by atoms with van der Waals surface area (Å²) in [5.41, 5.74) is 5.27. The highest BCUT2D eigenvalue weighted by Gasteiger charge is 2.33. The lowest BCUT2D eigenvalue weighted by Crippen LogP contribution is -2.19. The second kappa shape index (κ2) is 4.31. The average Bonchev–Trinajstić information content (AvgIpc) is 2.09. The zero-order chi connectivity index (χ0) is 11.6. The molecule has 0 saturated heterocycles. The highest BCUT2D eigenvalue weighted by Crippen LogP contribution is 2.31. The van der Waals surface area contributed by atoms with Crippen molar-refractivity contribution in [3.63, 3.8) is 0 Å². The average molecular weight is 289 g/mol. The van der Waals surface area contributed by atoms with Gasteiger partial charge in [0.15, 0.2) is 16.2 Å². The van der Waals surface area contributed by atoms with Crippen molar-refractivity contribution in [1.82, 2.24) is 4.98 Å². The smallest absolute Gasteiger partial charge is 0.400 e. The summed E-state index contributed by atoms with van der Waals surface area (Å²) in [7, 11) is 0. The summed E-state index contributed by atoms with van der Waals surface area (Å²) < 4.78 is 51.6. The Hall–Kier alpha value is -0.890. The summed E-state index contributed by atoms with van der Waals surface area (Å²) in [5.74, 6) is -2.17. The third kappa shape index (κ3) is 3.31. The van der Waals surface area contributed by atoms with Crippen molar-refractivity contribution in [3.8, 4) is 5.75 Å². The molecule has 8 heteroatoms. The molecule has 1 rings (SSSR count). The number of hydrogen-bond donors (Lipinski definition) is 1. The molecule has 0 saturated carbocycles. The Morgan fingerprint density at radius 1 is 1.47 bits per heavy atom. The Balaban J connectivity index is 3.09. The van der Waals surface area contributed by atoms with Crippen LogP contribution in [0.25, 0.3) is 0 Å². The van der Waals surface area contributed by atoms with Gasteiger partial charge in [-0.1, -0.05) is 0 Å². The molecule has 1 aromatic heterocycles. The van der Waals surface area contributed by atoms with Gasteiger partial charge in [-0.3, -0.25) is 0 Å². The first-order valence-corrected chi connectivity index (χ1v) is 4.43. The number of hydrogen-bond acceptors (Lipinski definition) is 3. The van der Waals surface area contributed by atoms with Gasteiger partial charge in [-0.05, 0) is 15.9 Å². The van der Waals surface area contributed by atoms with Gasteiger partial charge < -0.3 is 10.5 Å². The lowest BCUT2D eigenvalue weighted by Gasteiger charge is -2.11. The van der Waals surface area contributed by atoms with Gasteiger partial charge in [0.05, 0.1) is 5.69 Å². The lowest BCUT2D eigenvalue weighted by atomic mass is 10.3. The van der Waals surface area contributed by atoms with Crippen molar-refractivity contribution in [1.29, 1.82) is 0 Å². The Bertz CT molecular complexity index is 345. The van der Waals surface area contributed by atoms with E-state index in [1.54, 1.807) is 0 Å². The van der Waals surface area contributed by atoms with Gasteiger partial charge in [-0.2, -0.15) is 0 Å². The predicted octanol–water partition coefficient (Wildman–Crippen LogP) is 2.34. The van der Waals surface area contributed by atoms with Crippen LogP contribution >= 0.6 is 15.9 Å². The number of halogens is 5. The fourth-order valence-corrected chi connectivity index (χ4v) is 1.33. The van der Waals surface area contributed by atoms with Crippen molar-refractivity contribution in [2.24, 2.45) is 5.73 Å². The van der Waals surface area contributed by atoms with E-state index < -0.39 is 17.9 Å². The van der Waals surface area contributed by atoms with Gasteiger partial charge in [-0.15, -0.1) is 13.2 Å². The van der Waals surface area contributed by atoms with Crippen molar-refractivity contribution in [2.45, 2.75) is 12.9 Å². The summed E-state index contributed by atoms with van der Waals surface area (Å²) in [6.45, 7) is -0.0815. The molecule has 0 amide bonds. The Kier molecular flexibility index (Phi) is 3.50. The van der Waals surface area contributed by atoms with Gasteiger partial charge in [0, 0.05) is 12.6 Å². The van der Waals surface area contributed by atoms with Gasteiger partial charge in [0.1, 0.15) is 0 Å². The van der Waals surface area contributed by atoms with Crippen LogP contribution in [0.1, 0.15) is 5.69 Å². The zero-order valence-corrected chi connectivity index (χ0v) is 8.69. The minimum atomic E-state index is -4.96. The van der Waals surface area contributed by atoms with Crippen LogP contribution in [-0.2, 0) is 6.54 Å². The molecule has 0 aliphatic rings. The van der Waals surface area contributed by atoms with Crippen LogP contribution in [0, 0.1) is 5.82 Å². The lowest BCUT2D eigenvalue weighted by molar-refractivity contribution is -0.276. The highest BCUT2D eigenvalue weighted by molar-refractivity contribution is 9.10. The van der Waals surface area contributed by atoms with E-state index in [-0.39, 0.29) is 16.8 Å². The van der Waals surface area contributed by atoms with Crippen LogP contribution in [-0.4, -0.2) is 11.3 Å². The first-order chi connectivity index (χ1) is 6.83. The zero-order valence-electron chi connectivity index (χ0n) is 7.11. The van der Waals surface area contributed by atoms with Crippen LogP contribution in [0.5, 0.6) is 5.75 Å². The Morgan fingerprint density at radius 2 is 2.07 bits per heavy atom. The Morgan fingerprint density at radius 3 is 2.47 bits per heavy atom. The van der Waals surface area contributed by atoms with E-state index in [1.807, 2.05) is 0 Å². The summed E-state index contributed by atoms with van der Waals surface area (Å²) in [6, 6.07) is 0.784. The van der Waals surface area contributed by atoms with E-state index in [0.29, 0.717) is 0 Å². The molecule has 0 bridgehead atoms. The normalized spacial score (nSPS) is 11.6. The van der Waals surface area contributed by atoms with Gasteiger partial charge in [0.25, 0.3) is 0 Å². The Labute approximate surface area is 90.4 Å². The first kappa shape index (κ1) is 12.2. The van der Waals surface area contributed by atoms with E-state index in [0.717, 1.165) is 6.07 Å². The van der Waals surface area contributed by atoms with Crippen molar-refractivity contribution in [3.05, 3.63) is 22.2 Å². The monoisotopic (exact) mass is 288 g/mol. The van der Waals surface area contributed by atoms with Gasteiger partial charge in [0.2, 0.25) is 0 Å². The number of ether oxygens (including phenoxy) is 1. The number of alkyl halides is 3. The van der Waals surface area contributed by atoms with Crippen molar-refractivity contribution < 1.29 is 22.3 Å². The second-order valence-electron chi connectivity index (χ2n) is 2.47. The van der Waals surface area contributed by atoms with Crippen LogP contribution in [0.2, 0.25) is 0 Å². The minimum Gasteiger partial charge on any atom is -0.400 e.